The SMILES string of the molecule is O=C(N/N=C/c1cc2c(cc1[N+](=O)[O-])OCO2)c1ccc(Cn2cc(Br)c([N+](=O)[O-])n2)o1. The number of fused-ring (bicyclic) bond motifs is 1. The Balaban J connectivity index is 1.43. The van der Waals surface area contributed by atoms with E-state index < -0.39 is 15.8 Å². The Hall–Kier alpha value is -4.27. The minimum absolute atomic E-state index is 0.0480. The fraction of sp³-hybridized carbons (Fsp3) is 0.118. The van der Waals surface area contributed by atoms with Crippen LogP contribution < -0.4 is 14.9 Å². The van der Waals surface area contributed by atoms with Gasteiger partial charge in [0, 0.05) is 0 Å². The minimum atomic E-state index is -0.705. The van der Waals surface area contributed by atoms with E-state index in [1.54, 1.807) is 0 Å². The molecule has 0 radical (unpaired) electrons. The van der Waals surface area contributed by atoms with Gasteiger partial charge in [-0.25, -0.2) is 5.43 Å². The highest BCUT2D eigenvalue weighted by Crippen LogP contribution is 2.37. The summed E-state index contributed by atoms with van der Waals surface area (Å²) in [6, 6.07) is 5.48. The number of hydrogen-bond acceptors (Lipinski definition) is 10. The van der Waals surface area contributed by atoms with Crippen LogP contribution in [0.5, 0.6) is 11.5 Å². The third-order valence-electron chi connectivity index (χ3n) is 4.16. The highest BCUT2D eigenvalue weighted by atomic mass is 79.9. The van der Waals surface area contributed by atoms with Gasteiger partial charge in [0.05, 0.1) is 34.1 Å². The number of furan rings is 1. The van der Waals surface area contributed by atoms with Crippen LogP contribution in [0.25, 0.3) is 0 Å². The van der Waals surface area contributed by atoms with Crippen molar-refractivity contribution in [1.29, 1.82) is 0 Å². The van der Waals surface area contributed by atoms with Gasteiger partial charge in [0.2, 0.25) is 6.79 Å². The first-order chi connectivity index (χ1) is 15.3. The third-order valence-corrected chi connectivity index (χ3v) is 4.72. The molecule has 1 aliphatic heterocycles. The number of nitro benzene ring substituents is 1. The number of ether oxygens (including phenoxy) is 2. The molecular weight excluding hydrogens is 496 g/mol. The van der Waals surface area contributed by atoms with Crippen LogP contribution >= 0.6 is 15.9 Å². The van der Waals surface area contributed by atoms with E-state index in [9.17, 15) is 25.0 Å². The summed E-state index contributed by atoms with van der Waals surface area (Å²) in [6.45, 7) is -0.000143. The average Bonchev–Trinajstić information content (AvgIpc) is 3.47. The fourth-order valence-corrected chi connectivity index (χ4v) is 3.22. The molecule has 1 amide bonds. The van der Waals surface area contributed by atoms with E-state index >= 15 is 0 Å². The Labute approximate surface area is 185 Å². The second-order valence-electron chi connectivity index (χ2n) is 6.24. The molecule has 1 N–H and O–H groups in total. The highest BCUT2D eigenvalue weighted by molar-refractivity contribution is 9.10. The van der Waals surface area contributed by atoms with Crippen LogP contribution in [0.1, 0.15) is 21.9 Å². The summed E-state index contributed by atoms with van der Waals surface area (Å²) in [6.07, 6.45) is 2.51. The van der Waals surface area contributed by atoms with Crippen LogP contribution in [-0.2, 0) is 6.54 Å². The van der Waals surface area contributed by atoms with Crippen LogP contribution in [0.15, 0.2) is 44.5 Å². The van der Waals surface area contributed by atoms with Crippen LogP contribution in [0, 0.1) is 20.2 Å². The van der Waals surface area contributed by atoms with Crippen molar-refractivity contribution in [2.45, 2.75) is 6.54 Å². The molecule has 0 fully saturated rings. The highest BCUT2D eigenvalue weighted by Gasteiger charge is 2.23. The normalized spacial score (nSPS) is 12.3. The van der Waals surface area contributed by atoms with Gasteiger partial charge in [-0.3, -0.25) is 14.9 Å². The summed E-state index contributed by atoms with van der Waals surface area (Å²) in [4.78, 5) is 33.1. The van der Waals surface area contributed by atoms with Gasteiger partial charge in [-0.15, -0.1) is 0 Å². The number of amides is 1. The smallest absolute Gasteiger partial charge is 0.404 e. The number of carbonyl (C=O) groups excluding carboxylic acids is 1. The van der Waals surface area contributed by atoms with Crippen LogP contribution in [0.2, 0.25) is 0 Å². The van der Waals surface area contributed by atoms with E-state index in [-0.39, 0.29) is 46.4 Å². The number of rotatable bonds is 7. The average molecular weight is 507 g/mol. The van der Waals surface area contributed by atoms with Crippen LogP contribution in [0.3, 0.4) is 0 Å². The van der Waals surface area contributed by atoms with E-state index in [0.717, 1.165) is 6.21 Å². The van der Waals surface area contributed by atoms with Gasteiger partial charge >= 0.3 is 11.7 Å². The molecule has 0 unspecified atom stereocenters. The van der Waals surface area contributed by atoms with Gasteiger partial charge in [-0.05, 0) is 39.1 Å². The zero-order chi connectivity index (χ0) is 22.8. The largest absolute Gasteiger partial charge is 0.454 e. The van der Waals surface area contributed by atoms with Crippen molar-refractivity contribution in [2.75, 3.05) is 6.79 Å². The number of hydrazone groups is 1. The predicted molar refractivity (Wildman–Crippen MR) is 109 cm³/mol. The number of hydrogen-bond donors (Lipinski definition) is 1. The van der Waals surface area contributed by atoms with Gasteiger partial charge in [0.25, 0.3) is 5.69 Å². The maximum atomic E-state index is 12.2. The Kier molecular flexibility index (Phi) is 5.55. The Morgan fingerprint density at radius 3 is 2.69 bits per heavy atom. The Bertz CT molecular complexity index is 1270. The number of nitro groups is 2. The van der Waals surface area contributed by atoms with E-state index in [1.807, 2.05) is 0 Å². The first-order valence-corrected chi connectivity index (χ1v) is 9.48. The molecule has 0 saturated carbocycles. The number of aromatic nitrogens is 2. The summed E-state index contributed by atoms with van der Waals surface area (Å²) in [7, 11) is 0. The zero-order valence-corrected chi connectivity index (χ0v) is 17.3. The van der Waals surface area contributed by atoms with Crippen molar-refractivity contribution in [1.82, 2.24) is 15.2 Å². The second kappa shape index (κ2) is 8.46. The summed E-state index contributed by atoms with van der Waals surface area (Å²) >= 11 is 3.04. The number of nitrogens with one attached hydrogen (secondary N) is 1. The van der Waals surface area contributed by atoms with Gasteiger partial charge in [-0.2, -0.15) is 9.78 Å². The van der Waals surface area contributed by atoms with E-state index in [4.69, 9.17) is 13.9 Å². The molecular formula is C17H11BrN6O8. The van der Waals surface area contributed by atoms with Crippen molar-refractivity contribution < 1.29 is 28.5 Å². The topological polar surface area (TPSA) is 177 Å². The number of nitrogens with zero attached hydrogens (tertiary/aromatic N) is 5. The summed E-state index contributed by atoms with van der Waals surface area (Å²) < 4.78 is 17.2. The summed E-state index contributed by atoms with van der Waals surface area (Å²) in [5.74, 6) is -0.251. The number of carbonyl (C=O) groups is 1. The van der Waals surface area contributed by atoms with Crippen LogP contribution in [-0.4, -0.2) is 38.5 Å². The van der Waals surface area contributed by atoms with Crippen molar-refractivity contribution >= 4 is 39.6 Å². The molecule has 32 heavy (non-hydrogen) atoms. The van der Waals surface area contributed by atoms with Crippen molar-refractivity contribution in [2.24, 2.45) is 5.10 Å². The molecule has 3 heterocycles. The van der Waals surface area contributed by atoms with Gasteiger partial charge < -0.3 is 24.0 Å². The first-order valence-electron chi connectivity index (χ1n) is 8.69. The quantitative estimate of drug-likeness (QED) is 0.286. The van der Waals surface area contributed by atoms with E-state index in [1.165, 1.54) is 35.1 Å². The standard InChI is InChI=1S/C17H11BrN6O8/c18-11-7-22(21-16(11)24(28)29)6-10-1-2-13(32-10)17(25)20-19-5-9-3-14-15(31-8-30-14)4-12(9)23(26)27/h1-5,7H,6,8H2,(H,20,25)/b19-5+. The fourth-order valence-electron chi connectivity index (χ4n) is 2.76. The monoisotopic (exact) mass is 506 g/mol. The number of halogens is 1. The summed E-state index contributed by atoms with van der Waals surface area (Å²) in [5.41, 5.74) is 2.04. The minimum Gasteiger partial charge on any atom is -0.454 e. The molecule has 0 aliphatic carbocycles. The first kappa shape index (κ1) is 21.0. The molecule has 1 aromatic carbocycles. The Morgan fingerprint density at radius 2 is 2.00 bits per heavy atom. The lowest BCUT2D eigenvalue weighted by molar-refractivity contribution is -0.390. The molecule has 3 aromatic rings. The van der Waals surface area contributed by atoms with E-state index in [2.05, 4.69) is 31.6 Å². The lowest BCUT2D eigenvalue weighted by Gasteiger charge is -2.01. The zero-order valence-electron chi connectivity index (χ0n) is 15.8. The molecule has 0 atom stereocenters. The molecule has 14 nitrogen and oxygen atoms in total. The molecule has 0 bridgehead atoms. The molecule has 4 rings (SSSR count). The molecule has 1 aliphatic rings. The van der Waals surface area contributed by atoms with Crippen molar-refractivity contribution in [3.05, 3.63) is 72.2 Å². The van der Waals surface area contributed by atoms with Crippen molar-refractivity contribution in [3.8, 4) is 11.5 Å². The summed E-state index contributed by atoms with van der Waals surface area (Å²) in [5, 5.41) is 29.6. The van der Waals surface area contributed by atoms with E-state index in [0.29, 0.717) is 11.5 Å². The Morgan fingerprint density at radius 1 is 1.25 bits per heavy atom. The molecule has 2 aromatic heterocycles. The number of benzene rings is 1. The maximum Gasteiger partial charge on any atom is 0.404 e. The third kappa shape index (κ3) is 4.27. The second-order valence-corrected chi connectivity index (χ2v) is 7.10. The van der Waals surface area contributed by atoms with Crippen molar-refractivity contribution in [3.63, 3.8) is 0 Å². The predicted octanol–water partition coefficient (Wildman–Crippen LogP) is 2.60. The molecule has 0 saturated heterocycles. The van der Waals surface area contributed by atoms with Gasteiger partial charge in [0.1, 0.15) is 16.8 Å². The van der Waals surface area contributed by atoms with Gasteiger partial charge in [0.15, 0.2) is 17.3 Å². The molecule has 15 heteroatoms. The molecule has 0 spiro atoms. The maximum absolute atomic E-state index is 12.2. The van der Waals surface area contributed by atoms with Crippen LogP contribution in [0.4, 0.5) is 11.5 Å². The lowest BCUT2D eigenvalue weighted by Crippen LogP contribution is -2.17. The van der Waals surface area contributed by atoms with Gasteiger partial charge in [-0.1, -0.05) is 0 Å². The lowest BCUT2D eigenvalue weighted by atomic mass is 10.1. The molecule has 164 valence electrons.